The van der Waals surface area contributed by atoms with Crippen molar-refractivity contribution in [3.8, 4) is 0 Å². The predicted octanol–water partition coefficient (Wildman–Crippen LogP) is 5.10. The number of ether oxygens (including phenoxy) is 1. The summed E-state index contributed by atoms with van der Waals surface area (Å²) in [5.41, 5.74) is 1.81. The van der Waals surface area contributed by atoms with Crippen LogP contribution < -0.4 is 0 Å². The van der Waals surface area contributed by atoms with E-state index in [0.717, 1.165) is 12.0 Å². The third-order valence-electron chi connectivity index (χ3n) is 5.44. The van der Waals surface area contributed by atoms with Gasteiger partial charge in [-0.25, -0.2) is 13.2 Å². The summed E-state index contributed by atoms with van der Waals surface area (Å²) >= 11 is 6.35. The molecule has 0 radical (unpaired) electrons. The Morgan fingerprint density at radius 3 is 2.77 bits per heavy atom. The minimum atomic E-state index is -3.77. The molecule has 0 aliphatic carbocycles. The molecule has 0 saturated carbocycles. The van der Waals surface area contributed by atoms with Crippen LogP contribution >= 0.6 is 11.6 Å². The zero-order chi connectivity index (χ0) is 21.5. The molecular weight excluding hydrogens is 426 g/mol. The second kappa shape index (κ2) is 8.06. The summed E-state index contributed by atoms with van der Waals surface area (Å²) in [6.07, 6.45) is 1.47. The average molecular weight is 448 g/mol. The Labute approximate surface area is 180 Å². The minimum Gasteiger partial charge on any atom is -0.460 e. The number of aryl methyl sites for hydroxylation is 1. The molecule has 1 aliphatic rings. The topological polar surface area (TPSA) is 76.8 Å². The molecule has 1 atom stereocenters. The SMILES string of the molecule is CCOC(=O)c1oc2ccc(S(=O)(=O)N3CCC[C@H]3c3ccccc3Cl)cc2c1C. The second-order valence-electron chi connectivity index (χ2n) is 7.23. The van der Waals surface area contributed by atoms with Crippen molar-refractivity contribution in [3.05, 3.63) is 64.4 Å². The van der Waals surface area contributed by atoms with E-state index in [1.807, 2.05) is 18.2 Å². The molecule has 158 valence electrons. The molecule has 3 aromatic rings. The van der Waals surface area contributed by atoms with E-state index in [1.165, 1.54) is 10.4 Å². The van der Waals surface area contributed by atoms with E-state index < -0.39 is 16.0 Å². The first kappa shape index (κ1) is 20.9. The number of nitrogens with zero attached hydrogens (tertiary/aromatic N) is 1. The quantitative estimate of drug-likeness (QED) is 0.508. The lowest BCUT2D eigenvalue weighted by Crippen LogP contribution is -2.30. The standard InChI is InChI=1S/C22H22ClNO5S/c1-3-28-22(25)21-14(2)17-13-15(10-11-20(17)29-21)30(26,27)24-12-6-9-19(24)16-7-4-5-8-18(16)23/h4-5,7-8,10-11,13,19H,3,6,9,12H2,1-2H3/t19-/m0/s1. The van der Waals surface area contributed by atoms with Gasteiger partial charge in [0.15, 0.2) is 0 Å². The zero-order valence-electron chi connectivity index (χ0n) is 16.7. The number of carbonyl (C=O) groups excluding carboxylic acids is 1. The lowest BCUT2D eigenvalue weighted by atomic mass is 10.1. The van der Waals surface area contributed by atoms with Crippen molar-refractivity contribution in [2.24, 2.45) is 0 Å². The van der Waals surface area contributed by atoms with Crippen LogP contribution in [-0.2, 0) is 14.8 Å². The van der Waals surface area contributed by atoms with Crippen LogP contribution in [0.3, 0.4) is 0 Å². The van der Waals surface area contributed by atoms with E-state index in [2.05, 4.69) is 0 Å². The van der Waals surface area contributed by atoms with E-state index >= 15 is 0 Å². The van der Waals surface area contributed by atoms with Crippen LogP contribution in [0, 0.1) is 6.92 Å². The fourth-order valence-corrected chi connectivity index (χ4v) is 5.93. The summed E-state index contributed by atoms with van der Waals surface area (Å²) in [6.45, 7) is 4.09. The highest BCUT2D eigenvalue weighted by Crippen LogP contribution is 2.40. The summed E-state index contributed by atoms with van der Waals surface area (Å²) in [7, 11) is -3.77. The first-order valence-electron chi connectivity index (χ1n) is 9.81. The number of hydrogen-bond donors (Lipinski definition) is 0. The Hall–Kier alpha value is -2.35. The highest BCUT2D eigenvalue weighted by Gasteiger charge is 2.37. The molecule has 1 aliphatic heterocycles. The average Bonchev–Trinajstić information content (AvgIpc) is 3.34. The zero-order valence-corrected chi connectivity index (χ0v) is 18.3. The molecule has 8 heteroatoms. The summed E-state index contributed by atoms with van der Waals surface area (Å²) < 4.78 is 39.1. The van der Waals surface area contributed by atoms with Gasteiger partial charge in [-0.2, -0.15) is 4.31 Å². The highest BCUT2D eigenvalue weighted by molar-refractivity contribution is 7.89. The number of sulfonamides is 1. The molecule has 1 fully saturated rings. The monoisotopic (exact) mass is 447 g/mol. The third-order valence-corrected chi connectivity index (χ3v) is 7.69. The number of furan rings is 1. The van der Waals surface area contributed by atoms with Gasteiger partial charge >= 0.3 is 5.97 Å². The van der Waals surface area contributed by atoms with Crippen LogP contribution in [0.25, 0.3) is 11.0 Å². The predicted molar refractivity (Wildman–Crippen MR) is 114 cm³/mol. The van der Waals surface area contributed by atoms with Crippen LogP contribution in [-0.4, -0.2) is 31.8 Å². The first-order chi connectivity index (χ1) is 14.3. The lowest BCUT2D eigenvalue weighted by molar-refractivity contribution is 0.0491. The molecule has 0 N–H and O–H groups in total. The first-order valence-corrected chi connectivity index (χ1v) is 11.6. The summed E-state index contributed by atoms with van der Waals surface area (Å²) in [5, 5.41) is 1.14. The maximum absolute atomic E-state index is 13.5. The second-order valence-corrected chi connectivity index (χ2v) is 9.53. The Morgan fingerprint density at radius 2 is 2.03 bits per heavy atom. The Kier molecular flexibility index (Phi) is 5.61. The molecule has 0 amide bonds. The molecule has 30 heavy (non-hydrogen) atoms. The van der Waals surface area contributed by atoms with E-state index in [4.69, 9.17) is 20.8 Å². The van der Waals surface area contributed by atoms with Crippen molar-refractivity contribution in [3.63, 3.8) is 0 Å². The molecule has 0 unspecified atom stereocenters. The third kappa shape index (κ3) is 3.51. The van der Waals surface area contributed by atoms with Crippen molar-refractivity contribution < 1.29 is 22.4 Å². The fraction of sp³-hybridized carbons (Fsp3) is 0.318. The van der Waals surface area contributed by atoms with E-state index in [-0.39, 0.29) is 23.3 Å². The van der Waals surface area contributed by atoms with Gasteiger partial charge in [0.05, 0.1) is 17.5 Å². The number of fused-ring (bicyclic) bond motifs is 1. The van der Waals surface area contributed by atoms with Crippen molar-refractivity contribution >= 4 is 38.6 Å². The Morgan fingerprint density at radius 1 is 1.27 bits per heavy atom. The van der Waals surface area contributed by atoms with Gasteiger partial charge in [0.2, 0.25) is 15.8 Å². The van der Waals surface area contributed by atoms with Gasteiger partial charge in [0.1, 0.15) is 5.58 Å². The van der Waals surface area contributed by atoms with Crippen molar-refractivity contribution in [2.45, 2.75) is 37.6 Å². The van der Waals surface area contributed by atoms with Crippen LogP contribution in [0.15, 0.2) is 51.8 Å². The van der Waals surface area contributed by atoms with Gasteiger partial charge in [-0.1, -0.05) is 29.8 Å². The molecule has 1 saturated heterocycles. The van der Waals surface area contributed by atoms with Crippen molar-refractivity contribution in [1.29, 1.82) is 0 Å². The fourth-order valence-electron chi connectivity index (χ4n) is 3.97. The van der Waals surface area contributed by atoms with Gasteiger partial charge in [-0.3, -0.25) is 0 Å². The molecule has 0 bridgehead atoms. The molecule has 4 rings (SSSR count). The smallest absolute Gasteiger partial charge is 0.374 e. The van der Waals surface area contributed by atoms with Gasteiger partial charge in [0, 0.05) is 22.5 Å². The minimum absolute atomic E-state index is 0.0940. The van der Waals surface area contributed by atoms with Gasteiger partial charge in [-0.05, 0) is 56.5 Å². The maximum atomic E-state index is 13.5. The maximum Gasteiger partial charge on any atom is 0.374 e. The van der Waals surface area contributed by atoms with Gasteiger partial charge in [0.25, 0.3) is 0 Å². The van der Waals surface area contributed by atoms with Crippen LogP contribution in [0.1, 0.15) is 47.5 Å². The van der Waals surface area contributed by atoms with Gasteiger partial charge in [-0.15, -0.1) is 0 Å². The molecule has 6 nitrogen and oxygen atoms in total. The number of esters is 1. The summed E-state index contributed by atoms with van der Waals surface area (Å²) in [4.78, 5) is 12.3. The number of carbonyl (C=O) groups is 1. The summed E-state index contributed by atoms with van der Waals surface area (Å²) in [5.74, 6) is -0.467. The molecule has 2 heterocycles. The molecule has 0 spiro atoms. The van der Waals surface area contributed by atoms with Crippen LogP contribution in [0.5, 0.6) is 0 Å². The number of halogens is 1. The molecule has 1 aromatic heterocycles. The van der Waals surface area contributed by atoms with E-state index in [9.17, 15) is 13.2 Å². The summed E-state index contributed by atoms with van der Waals surface area (Å²) in [6, 6.07) is 11.7. The lowest BCUT2D eigenvalue weighted by Gasteiger charge is -2.25. The van der Waals surface area contributed by atoms with Gasteiger partial charge < -0.3 is 9.15 Å². The number of hydrogen-bond acceptors (Lipinski definition) is 5. The Balaban J connectivity index is 1.74. The molecule has 2 aromatic carbocycles. The van der Waals surface area contributed by atoms with Crippen molar-refractivity contribution in [1.82, 2.24) is 4.31 Å². The van der Waals surface area contributed by atoms with Crippen LogP contribution in [0.2, 0.25) is 5.02 Å². The van der Waals surface area contributed by atoms with E-state index in [0.29, 0.717) is 34.5 Å². The highest BCUT2D eigenvalue weighted by atomic mass is 35.5. The number of rotatable bonds is 5. The normalized spacial score (nSPS) is 17.5. The largest absolute Gasteiger partial charge is 0.460 e. The Bertz CT molecular complexity index is 1220. The van der Waals surface area contributed by atoms with Crippen LogP contribution in [0.4, 0.5) is 0 Å². The van der Waals surface area contributed by atoms with E-state index in [1.54, 1.807) is 32.0 Å². The molecular formula is C22H22ClNO5S. The van der Waals surface area contributed by atoms with Crippen molar-refractivity contribution in [2.75, 3.05) is 13.2 Å². The number of benzene rings is 2.